The Bertz CT molecular complexity index is 391. The van der Waals surface area contributed by atoms with E-state index in [1.807, 2.05) is 11.8 Å². The lowest BCUT2D eigenvalue weighted by Gasteiger charge is -2.38. The molecule has 2 aliphatic carbocycles. The average Bonchev–Trinajstić information content (AvgIpc) is 3.37. The standard InChI is InChI=1S/C16H26N2O2S/c19-15(18-14(11-1-2-11)12-3-4-12)17-13-5-7-20-16(9-13)6-8-21-10-16/h11-14H,1-10H2,(H2,17,18,19). The number of hydrogen-bond donors (Lipinski definition) is 2. The molecule has 2 unspecified atom stereocenters. The van der Waals surface area contributed by atoms with E-state index in [0.29, 0.717) is 6.04 Å². The highest BCUT2D eigenvalue weighted by atomic mass is 32.2. The maximum absolute atomic E-state index is 12.3. The topological polar surface area (TPSA) is 50.4 Å². The van der Waals surface area contributed by atoms with Gasteiger partial charge >= 0.3 is 6.03 Å². The minimum absolute atomic E-state index is 0.0489. The highest BCUT2D eigenvalue weighted by Gasteiger charge is 2.43. The molecule has 4 fully saturated rings. The number of thioether (sulfide) groups is 1. The molecule has 2 N–H and O–H groups in total. The Morgan fingerprint density at radius 3 is 2.57 bits per heavy atom. The summed E-state index contributed by atoms with van der Waals surface area (Å²) in [7, 11) is 0. The molecule has 0 aromatic rings. The van der Waals surface area contributed by atoms with E-state index in [2.05, 4.69) is 10.6 Å². The molecule has 2 saturated carbocycles. The Labute approximate surface area is 131 Å². The highest BCUT2D eigenvalue weighted by molar-refractivity contribution is 7.99. The Hall–Kier alpha value is -0.420. The van der Waals surface area contributed by atoms with Crippen LogP contribution in [0.3, 0.4) is 0 Å². The smallest absolute Gasteiger partial charge is 0.315 e. The largest absolute Gasteiger partial charge is 0.374 e. The summed E-state index contributed by atoms with van der Waals surface area (Å²) in [6, 6.07) is 0.795. The number of urea groups is 1. The first-order valence-corrected chi connectivity index (χ1v) is 9.68. The summed E-state index contributed by atoms with van der Waals surface area (Å²) >= 11 is 1.98. The third-order valence-electron chi connectivity index (χ3n) is 5.45. The van der Waals surface area contributed by atoms with Gasteiger partial charge < -0.3 is 15.4 Å². The van der Waals surface area contributed by atoms with Crippen molar-refractivity contribution >= 4 is 17.8 Å². The molecule has 0 aromatic heterocycles. The van der Waals surface area contributed by atoms with E-state index in [1.165, 1.54) is 31.4 Å². The van der Waals surface area contributed by atoms with Crippen molar-refractivity contribution in [2.45, 2.75) is 62.6 Å². The van der Waals surface area contributed by atoms with Crippen LogP contribution in [0.2, 0.25) is 0 Å². The van der Waals surface area contributed by atoms with E-state index in [1.54, 1.807) is 0 Å². The third-order valence-corrected chi connectivity index (χ3v) is 6.68. The molecule has 21 heavy (non-hydrogen) atoms. The van der Waals surface area contributed by atoms with Gasteiger partial charge in [-0.1, -0.05) is 0 Å². The lowest BCUT2D eigenvalue weighted by Crippen LogP contribution is -2.53. The quantitative estimate of drug-likeness (QED) is 0.839. The zero-order valence-electron chi connectivity index (χ0n) is 12.6. The van der Waals surface area contributed by atoms with Gasteiger partial charge in [-0.05, 0) is 62.5 Å². The van der Waals surface area contributed by atoms with Crippen LogP contribution in [0.25, 0.3) is 0 Å². The zero-order chi connectivity index (χ0) is 14.3. The van der Waals surface area contributed by atoms with Crippen LogP contribution in [-0.2, 0) is 4.74 Å². The van der Waals surface area contributed by atoms with Gasteiger partial charge in [-0.3, -0.25) is 0 Å². The molecule has 2 atom stereocenters. The van der Waals surface area contributed by atoms with Crippen molar-refractivity contribution in [3.05, 3.63) is 0 Å². The maximum atomic E-state index is 12.3. The molecule has 118 valence electrons. The van der Waals surface area contributed by atoms with Crippen molar-refractivity contribution in [2.24, 2.45) is 11.8 Å². The van der Waals surface area contributed by atoms with Crippen LogP contribution in [0.15, 0.2) is 0 Å². The fraction of sp³-hybridized carbons (Fsp3) is 0.938. The molecule has 5 heteroatoms. The fourth-order valence-corrected chi connectivity index (χ4v) is 5.30. The first-order valence-electron chi connectivity index (χ1n) is 8.53. The van der Waals surface area contributed by atoms with Gasteiger partial charge in [-0.15, -0.1) is 0 Å². The molecular formula is C16H26N2O2S. The summed E-state index contributed by atoms with van der Waals surface area (Å²) < 4.78 is 6.02. The van der Waals surface area contributed by atoms with Gasteiger partial charge in [-0.2, -0.15) is 11.8 Å². The summed E-state index contributed by atoms with van der Waals surface area (Å²) in [6.45, 7) is 0.792. The van der Waals surface area contributed by atoms with Crippen LogP contribution in [0, 0.1) is 11.8 Å². The highest BCUT2D eigenvalue weighted by Crippen LogP contribution is 2.44. The fourth-order valence-electron chi connectivity index (χ4n) is 3.92. The molecule has 2 heterocycles. The number of hydrogen-bond acceptors (Lipinski definition) is 3. The van der Waals surface area contributed by atoms with E-state index >= 15 is 0 Å². The number of carbonyl (C=O) groups is 1. The summed E-state index contributed by atoms with van der Waals surface area (Å²) in [5.41, 5.74) is 0.0489. The van der Waals surface area contributed by atoms with Crippen LogP contribution in [0.5, 0.6) is 0 Å². The summed E-state index contributed by atoms with van der Waals surface area (Å²) in [6.07, 6.45) is 8.31. The van der Waals surface area contributed by atoms with Crippen molar-refractivity contribution in [2.75, 3.05) is 18.1 Å². The molecule has 4 rings (SSSR count). The van der Waals surface area contributed by atoms with Crippen LogP contribution in [0.4, 0.5) is 4.79 Å². The number of amides is 2. The molecule has 2 amide bonds. The minimum atomic E-state index is 0.0489. The molecule has 0 aromatic carbocycles. The Kier molecular flexibility index (Phi) is 3.82. The zero-order valence-corrected chi connectivity index (χ0v) is 13.4. The molecule has 4 nitrogen and oxygen atoms in total. The molecule has 0 bridgehead atoms. The first kappa shape index (κ1) is 14.2. The van der Waals surface area contributed by atoms with Crippen molar-refractivity contribution in [3.63, 3.8) is 0 Å². The Balaban J connectivity index is 1.29. The van der Waals surface area contributed by atoms with Crippen molar-refractivity contribution in [1.82, 2.24) is 10.6 Å². The van der Waals surface area contributed by atoms with Crippen molar-refractivity contribution in [3.8, 4) is 0 Å². The lowest BCUT2D eigenvalue weighted by molar-refractivity contribution is -0.0684. The predicted molar refractivity (Wildman–Crippen MR) is 84.6 cm³/mol. The number of carbonyl (C=O) groups excluding carboxylic acids is 1. The summed E-state index contributed by atoms with van der Waals surface area (Å²) in [5.74, 6) is 3.82. The minimum Gasteiger partial charge on any atom is -0.374 e. The molecule has 4 aliphatic rings. The molecule has 1 spiro atoms. The lowest BCUT2D eigenvalue weighted by atomic mass is 9.90. The number of ether oxygens (including phenoxy) is 1. The van der Waals surface area contributed by atoms with E-state index < -0.39 is 0 Å². The van der Waals surface area contributed by atoms with Crippen LogP contribution < -0.4 is 10.6 Å². The van der Waals surface area contributed by atoms with Crippen LogP contribution in [-0.4, -0.2) is 41.8 Å². The van der Waals surface area contributed by atoms with Gasteiger partial charge in [0.2, 0.25) is 0 Å². The van der Waals surface area contributed by atoms with Gasteiger partial charge in [0.25, 0.3) is 0 Å². The van der Waals surface area contributed by atoms with Crippen LogP contribution in [0.1, 0.15) is 44.9 Å². The molecular weight excluding hydrogens is 284 g/mol. The molecule has 2 aliphatic heterocycles. The first-order chi connectivity index (χ1) is 10.2. The Morgan fingerprint density at radius 1 is 1.19 bits per heavy atom. The SMILES string of the molecule is O=C(NC1CCOC2(CCSC2)C1)NC(C1CC1)C1CC1. The monoisotopic (exact) mass is 310 g/mol. The normalized spacial score (nSPS) is 36.1. The van der Waals surface area contributed by atoms with Gasteiger partial charge in [-0.25, -0.2) is 4.79 Å². The van der Waals surface area contributed by atoms with Gasteiger partial charge in [0, 0.05) is 24.4 Å². The summed E-state index contributed by atoms with van der Waals surface area (Å²) in [4.78, 5) is 12.3. The molecule has 0 radical (unpaired) electrons. The third kappa shape index (κ3) is 3.34. The second kappa shape index (κ2) is 5.65. The second-order valence-corrected chi connectivity index (χ2v) is 8.45. The van der Waals surface area contributed by atoms with Gasteiger partial charge in [0.15, 0.2) is 0 Å². The van der Waals surface area contributed by atoms with Crippen molar-refractivity contribution < 1.29 is 9.53 Å². The van der Waals surface area contributed by atoms with E-state index in [0.717, 1.165) is 43.5 Å². The molecule has 2 saturated heterocycles. The van der Waals surface area contributed by atoms with Gasteiger partial charge in [0.05, 0.1) is 5.60 Å². The van der Waals surface area contributed by atoms with E-state index in [-0.39, 0.29) is 17.7 Å². The Morgan fingerprint density at radius 2 is 1.95 bits per heavy atom. The van der Waals surface area contributed by atoms with Crippen molar-refractivity contribution in [1.29, 1.82) is 0 Å². The maximum Gasteiger partial charge on any atom is 0.315 e. The van der Waals surface area contributed by atoms with E-state index in [4.69, 9.17) is 4.74 Å². The van der Waals surface area contributed by atoms with Crippen LogP contribution >= 0.6 is 11.8 Å². The number of nitrogens with one attached hydrogen (secondary N) is 2. The number of rotatable bonds is 4. The van der Waals surface area contributed by atoms with E-state index in [9.17, 15) is 4.79 Å². The van der Waals surface area contributed by atoms with Gasteiger partial charge in [0.1, 0.15) is 0 Å². The average molecular weight is 310 g/mol. The summed E-state index contributed by atoms with van der Waals surface area (Å²) in [5, 5.41) is 6.50. The predicted octanol–water partition coefficient (Wildman–Crippen LogP) is 2.53. The second-order valence-electron chi connectivity index (χ2n) is 7.34.